The van der Waals surface area contributed by atoms with Crippen molar-refractivity contribution in [3.63, 3.8) is 0 Å². The van der Waals surface area contributed by atoms with Gasteiger partial charge in [0.15, 0.2) is 0 Å². The van der Waals surface area contributed by atoms with Crippen LogP contribution in [-0.2, 0) is 21.0 Å². The molecule has 0 aromatic carbocycles. The monoisotopic (exact) mass is 294 g/mol. The standard InChI is InChI=1S/C8H12N2O2.2Na.H2O3S/c11-7-9-5-3-1-2-4-6-10-8-12;;;1-4(2)3/h1-6H2;;;(H2,1,2,3)/q;2*+1;/p-2. The first kappa shape index (κ1) is 27.2. The second kappa shape index (κ2) is 26.4. The Morgan fingerprint density at radius 1 is 0.833 bits per heavy atom. The molecule has 0 rings (SSSR count). The van der Waals surface area contributed by atoms with E-state index in [0.717, 1.165) is 25.7 Å². The molecule has 0 aliphatic heterocycles. The van der Waals surface area contributed by atoms with E-state index in [1.165, 1.54) is 12.2 Å². The van der Waals surface area contributed by atoms with Gasteiger partial charge in [-0.3, -0.25) is 4.21 Å². The predicted molar refractivity (Wildman–Crippen MR) is 54.1 cm³/mol. The third kappa shape index (κ3) is 43.6. The minimum Gasteiger partial charge on any atom is -0.784 e. The minimum absolute atomic E-state index is 0. The normalized spacial score (nSPS) is 7.50. The first-order valence-electron chi connectivity index (χ1n) is 4.49. The summed E-state index contributed by atoms with van der Waals surface area (Å²) < 4.78 is 25.3. The molecule has 0 atom stereocenters. The van der Waals surface area contributed by atoms with E-state index in [1.54, 1.807) is 0 Å². The van der Waals surface area contributed by atoms with Gasteiger partial charge in [0.2, 0.25) is 12.2 Å². The molecule has 18 heavy (non-hydrogen) atoms. The van der Waals surface area contributed by atoms with Gasteiger partial charge in [-0.1, -0.05) is 12.8 Å². The van der Waals surface area contributed by atoms with Gasteiger partial charge in [-0.25, -0.2) is 19.6 Å². The summed E-state index contributed by atoms with van der Waals surface area (Å²) in [6, 6.07) is 0. The third-order valence-corrected chi connectivity index (χ3v) is 1.42. The van der Waals surface area contributed by atoms with Crippen molar-refractivity contribution in [2.45, 2.75) is 25.7 Å². The molecule has 0 radical (unpaired) electrons. The van der Waals surface area contributed by atoms with Crippen LogP contribution in [0.4, 0.5) is 0 Å². The third-order valence-electron chi connectivity index (χ3n) is 1.42. The Bertz CT molecular complexity index is 255. The second-order valence-electron chi connectivity index (χ2n) is 2.56. The van der Waals surface area contributed by atoms with Crippen LogP contribution in [0, 0.1) is 0 Å². The summed E-state index contributed by atoms with van der Waals surface area (Å²) in [6.07, 6.45) is 6.80. The topological polar surface area (TPSA) is 122 Å². The molecule has 0 saturated carbocycles. The molecule has 0 aliphatic rings. The fourth-order valence-corrected chi connectivity index (χ4v) is 0.827. The van der Waals surface area contributed by atoms with E-state index in [-0.39, 0.29) is 59.1 Å². The fourth-order valence-electron chi connectivity index (χ4n) is 0.827. The van der Waals surface area contributed by atoms with Crippen LogP contribution < -0.4 is 59.1 Å². The second-order valence-corrected chi connectivity index (χ2v) is 2.97. The van der Waals surface area contributed by atoms with Crippen molar-refractivity contribution in [1.29, 1.82) is 0 Å². The number of unbranched alkanes of at least 4 members (excludes halogenated alkanes) is 3. The van der Waals surface area contributed by atoms with E-state index in [1.807, 2.05) is 0 Å². The van der Waals surface area contributed by atoms with Crippen LogP contribution in [0.5, 0.6) is 0 Å². The van der Waals surface area contributed by atoms with Crippen LogP contribution in [0.3, 0.4) is 0 Å². The van der Waals surface area contributed by atoms with Gasteiger partial charge >= 0.3 is 59.1 Å². The molecular weight excluding hydrogens is 282 g/mol. The van der Waals surface area contributed by atoms with Gasteiger partial charge in [0.25, 0.3) is 0 Å². The molecule has 0 aromatic heterocycles. The molecule has 0 spiro atoms. The molecule has 7 nitrogen and oxygen atoms in total. The average molecular weight is 294 g/mol. The Labute approximate surface area is 153 Å². The van der Waals surface area contributed by atoms with Crippen molar-refractivity contribution < 1.29 is 82.0 Å². The summed E-state index contributed by atoms with van der Waals surface area (Å²) in [7, 11) is 0. The number of hydrogen-bond acceptors (Lipinski definition) is 7. The minimum atomic E-state index is -3.11. The number of hydrogen-bond donors (Lipinski definition) is 0. The van der Waals surface area contributed by atoms with Gasteiger partial charge in [-0.2, -0.15) is 0 Å². The SMILES string of the molecule is O=C=NCCCCCCN=C=O.O=S([O-])[O-].[Na+].[Na+]. The average Bonchev–Trinajstić information content (AvgIpc) is 2.21. The molecule has 92 valence electrons. The smallest absolute Gasteiger partial charge is 0.784 e. The molecule has 0 fully saturated rings. The Kier molecular flexibility index (Phi) is 39.9. The van der Waals surface area contributed by atoms with Gasteiger partial charge in [0.1, 0.15) is 0 Å². The zero-order valence-corrected chi connectivity index (χ0v) is 15.4. The van der Waals surface area contributed by atoms with Gasteiger partial charge in [-0.05, 0) is 12.8 Å². The van der Waals surface area contributed by atoms with Crippen LogP contribution >= 0.6 is 0 Å². The van der Waals surface area contributed by atoms with E-state index in [4.69, 9.17) is 13.3 Å². The molecule has 0 amide bonds. The Morgan fingerprint density at radius 2 is 1.11 bits per heavy atom. The van der Waals surface area contributed by atoms with Crippen molar-refractivity contribution in [3.8, 4) is 0 Å². The van der Waals surface area contributed by atoms with Gasteiger partial charge in [-0.15, -0.1) is 11.4 Å². The van der Waals surface area contributed by atoms with Crippen LogP contribution in [0.2, 0.25) is 0 Å². The van der Waals surface area contributed by atoms with Gasteiger partial charge in [0, 0.05) is 0 Å². The number of carbonyl (C=O) groups excluding carboxylic acids is 2. The van der Waals surface area contributed by atoms with E-state index < -0.39 is 11.4 Å². The van der Waals surface area contributed by atoms with Crippen LogP contribution in [0.25, 0.3) is 0 Å². The maximum Gasteiger partial charge on any atom is 1.00 e. The maximum atomic E-state index is 9.63. The molecule has 10 heteroatoms. The predicted octanol–water partition coefficient (Wildman–Crippen LogP) is -5.78. The zero-order chi connectivity index (χ0) is 12.6. The summed E-state index contributed by atoms with van der Waals surface area (Å²) in [5.41, 5.74) is 0. The van der Waals surface area contributed by atoms with Gasteiger partial charge < -0.3 is 9.11 Å². The zero-order valence-electron chi connectivity index (χ0n) is 10.6. The van der Waals surface area contributed by atoms with Crippen LogP contribution in [-0.4, -0.2) is 38.6 Å². The summed E-state index contributed by atoms with van der Waals surface area (Å²) in [5.74, 6) is 0. The summed E-state index contributed by atoms with van der Waals surface area (Å²) in [4.78, 5) is 26.1. The van der Waals surface area contributed by atoms with E-state index >= 15 is 0 Å². The summed E-state index contributed by atoms with van der Waals surface area (Å²) >= 11 is -3.11. The molecule has 0 unspecified atom stereocenters. The van der Waals surface area contributed by atoms with Crippen molar-refractivity contribution in [3.05, 3.63) is 0 Å². The Morgan fingerprint density at radius 3 is 1.33 bits per heavy atom. The van der Waals surface area contributed by atoms with Crippen molar-refractivity contribution in [2.24, 2.45) is 9.98 Å². The maximum absolute atomic E-state index is 9.63. The summed E-state index contributed by atoms with van der Waals surface area (Å²) in [5, 5.41) is 0. The van der Waals surface area contributed by atoms with Crippen LogP contribution in [0.15, 0.2) is 9.98 Å². The van der Waals surface area contributed by atoms with E-state index in [0.29, 0.717) is 13.1 Å². The first-order chi connectivity index (χ1) is 7.65. The molecular formula is C8H12N2Na2O5S. The number of rotatable bonds is 7. The van der Waals surface area contributed by atoms with Crippen LogP contribution in [0.1, 0.15) is 25.7 Å². The van der Waals surface area contributed by atoms with Crippen molar-refractivity contribution in [1.82, 2.24) is 0 Å². The van der Waals surface area contributed by atoms with E-state index in [2.05, 4.69) is 9.98 Å². The molecule has 0 saturated heterocycles. The molecule has 0 heterocycles. The number of aliphatic imine (C=N–C) groups is 2. The van der Waals surface area contributed by atoms with Crippen molar-refractivity contribution >= 4 is 23.5 Å². The number of nitrogens with zero attached hydrogens (tertiary/aromatic N) is 2. The Balaban J connectivity index is -0.000000143. The molecule has 0 aliphatic carbocycles. The molecule has 0 aromatic rings. The summed E-state index contributed by atoms with van der Waals surface area (Å²) in [6.45, 7) is 1.11. The molecule has 0 bridgehead atoms. The van der Waals surface area contributed by atoms with Crippen molar-refractivity contribution in [2.75, 3.05) is 13.1 Å². The fraction of sp³-hybridized carbons (Fsp3) is 0.750. The van der Waals surface area contributed by atoms with E-state index in [9.17, 15) is 9.59 Å². The number of isocyanates is 2. The largest absolute Gasteiger partial charge is 1.00 e. The first-order valence-corrected chi connectivity index (χ1v) is 5.49. The van der Waals surface area contributed by atoms with Gasteiger partial charge in [0.05, 0.1) is 13.1 Å². The Hall–Kier alpha value is 0.830. The quantitative estimate of drug-likeness (QED) is 0.152. The molecule has 0 N–H and O–H groups in total.